The van der Waals surface area contributed by atoms with Crippen LogP contribution in [0.2, 0.25) is 0 Å². The van der Waals surface area contributed by atoms with Crippen molar-refractivity contribution in [2.24, 2.45) is 0 Å². The molecule has 1 aliphatic rings. The van der Waals surface area contributed by atoms with E-state index in [2.05, 4.69) is 5.32 Å². The fraction of sp³-hybridized carbons (Fsp3) is 0.462. The van der Waals surface area contributed by atoms with E-state index < -0.39 is 17.9 Å². The van der Waals surface area contributed by atoms with E-state index in [1.54, 1.807) is 0 Å². The first-order chi connectivity index (χ1) is 8.82. The van der Waals surface area contributed by atoms with E-state index in [1.165, 1.54) is 24.3 Å². The Hall–Kier alpha value is -2.11. The van der Waals surface area contributed by atoms with Crippen LogP contribution in [-0.2, 0) is 9.59 Å². The summed E-state index contributed by atoms with van der Waals surface area (Å²) in [6, 6.07) is -0.494. The van der Waals surface area contributed by atoms with Gasteiger partial charge in [0.05, 0.1) is 0 Å². The third kappa shape index (κ3) is 3.94. The first-order valence-electron chi connectivity index (χ1n) is 5.99. The van der Waals surface area contributed by atoms with Crippen LogP contribution in [0, 0.1) is 0 Å². The van der Waals surface area contributed by atoms with Gasteiger partial charge >= 0.3 is 12.0 Å². The molecule has 0 aromatic carbocycles. The number of aliphatic carboxylic acids is 1. The summed E-state index contributed by atoms with van der Waals surface area (Å²) < 4.78 is 0. The van der Waals surface area contributed by atoms with Crippen molar-refractivity contribution in [3.63, 3.8) is 0 Å². The Morgan fingerprint density at radius 2 is 1.89 bits per heavy atom. The SMILES string of the molecule is CC1=CCN(C(=O)NC(=O)C(C)=C(C)C(=O)O)CC1. The molecular weight excluding hydrogens is 248 g/mol. The number of amides is 3. The molecule has 0 aliphatic carbocycles. The second kappa shape index (κ2) is 6.17. The average molecular weight is 266 g/mol. The molecule has 19 heavy (non-hydrogen) atoms. The van der Waals surface area contributed by atoms with E-state index in [9.17, 15) is 14.4 Å². The lowest BCUT2D eigenvalue weighted by Crippen LogP contribution is -2.45. The van der Waals surface area contributed by atoms with Crippen LogP contribution in [0.1, 0.15) is 27.2 Å². The monoisotopic (exact) mass is 266 g/mol. The zero-order chi connectivity index (χ0) is 14.6. The molecular formula is C13H18N2O4. The fourth-order valence-corrected chi connectivity index (χ4v) is 1.56. The molecule has 1 heterocycles. The second-order valence-electron chi connectivity index (χ2n) is 4.56. The van der Waals surface area contributed by atoms with Gasteiger partial charge in [-0.25, -0.2) is 9.59 Å². The van der Waals surface area contributed by atoms with Crippen LogP contribution in [0.3, 0.4) is 0 Å². The topological polar surface area (TPSA) is 86.7 Å². The van der Waals surface area contributed by atoms with E-state index in [1.807, 2.05) is 13.0 Å². The molecule has 0 radical (unpaired) electrons. The highest BCUT2D eigenvalue weighted by atomic mass is 16.4. The van der Waals surface area contributed by atoms with Crippen LogP contribution < -0.4 is 5.32 Å². The van der Waals surface area contributed by atoms with Crippen molar-refractivity contribution in [1.82, 2.24) is 10.2 Å². The highest BCUT2D eigenvalue weighted by Crippen LogP contribution is 2.10. The van der Waals surface area contributed by atoms with Crippen LogP contribution >= 0.6 is 0 Å². The third-order valence-electron chi connectivity index (χ3n) is 3.17. The molecule has 0 fully saturated rings. The summed E-state index contributed by atoms with van der Waals surface area (Å²) in [6.07, 6.45) is 2.71. The number of rotatable bonds is 2. The van der Waals surface area contributed by atoms with Crippen molar-refractivity contribution >= 4 is 17.9 Å². The van der Waals surface area contributed by atoms with Crippen molar-refractivity contribution in [2.75, 3.05) is 13.1 Å². The molecule has 1 aliphatic heterocycles. The van der Waals surface area contributed by atoms with Crippen LogP contribution in [0.4, 0.5) is 4.79 Å². The number of carbonyl (C=O) groups is 3. The molecule has 0 spiro atoms. The number of urea groups is 1. The van der Waals surface area contributed by atoms with Crippen molar-refractivity contribution in [3.8, 4) is 0 Å². The zero-order valence-corrected chi connectivity index (χ0v) is 11.3. The summed E-state index contributed by atoms with van der Waals surface area (Å²) in [5.41, 5.74) is 1.18. The van der Waals surface area contributed by atoms with Gasteiger partial charge in [-0.15, -0.1) is 0 Å². The molecule has 0 aromatic rings. The second-order valence-corrected chi connectivity index (χ2v) is 4.56. The number of carboxylic acid groups (broad SMARTS) is 1. The van der Waals surface area contributed by atoms with Gasteiger partial charge in [-0.2, -0.15) is 0 Å². The van der Waals surface area contributed by atoms with Gasteiger partial charge in [-0.1, -0.05) is 11.6 Å². The molecule has 0 saturated carbocycles. The minimum atomic E-state index is -1.17. The summed E-state index contributed by atoms with van der Waals surface area (Å²) in [4.78, 5) is 35.8. The maximum absolute atomic E-state index is 11.8. The minimum absolute atomic E-state index is 0.0320. The Morgan fingerprint density at radius 3 is 2.37 bits per heavy atom. The predicted octanol–water partition coefficient (Wildman–Crippen LogP) is 1.30. The van der Waals surface area contributed by atoms with Crippen molar-refractivity contribution in [3.05, 3.63) is 22.8 Å². The Bertz CT molecular complexity index is 477. The number of hydrogen-bond acceptors (Lipinski definition) is 3. The lowest BCUT2D eigenvalue weighted by molar-refractivity contribution is -0.133. The molecule has 0 bridgehead atoms. The van der Waals surface area contributed by atoms with E-state index in [0.29, 0.717) is 13.1 Å². The summed E-state index contributed by atoms with van der Waals surface area (Å²) in [6.45, 7) is 5.72. The molecule has 6 heteroatoms. The highest BCUT2D eigenvalue weighted by Gasteiger charge is 2.20. The van der Waals surface area contributed by atoms with Gasteiger partial charge in [0.25, 0.3) is 5.91 Å². The van der Waals surface area contributed by atoms with Gasteiger partial charge in [-0.05, 0) is 27.2 Å². The van der Waals surface area contributed by atoms with E-state index in [-0.39, 0.29) is 11.1 Å². The lowest BCUT2D eigenvalue weighted by atomic mass is 10.1. The maximum atomic E-state index is 11.8. The van der Waals surface area contributed by atoms with Gasteiger partial charge < -0.3 is 10.0 Å². The van der Waals surface area contributed by atoms with Crippen molar-refractivity contribution in [2.45, 2.75) is 27.2 Å². The number of hydrogen-bond donors (Lipinski definition) is 2. The predicted molar refractivity (Wildman–Crippen MR) is 69.5 cm³/mol. The smallest absolute Gasteiger partial charge is 0.331 e. The Morgan fingerprint density at radius 1 is 1.26 bits per heavy atom. The number of nitrogens with one attached hydrogen (secondary N) is 1. The number of carbonyl (C=O) groups excluding carboxylic acids is 2. The number of imide groups is 1. The summed E-state index contributed by atoms with van der Waals surface area (Å²) in [7, 11) is 0. The van der Waals surface area contributed by atoms with Gasteiger partial charge in [-0.3, -0.25) is 10.1 Å². The highest BCUT2D eigenvalue weighted by molar-refractivity contribution is 6.07. The normalized spacial score (nSPS) is 16.4. The van der Waals surface area contributed by atoms with Crippen LogP contribution in [0.25, 0.3) is 0 Å². The molecule has 0 atom stereocenters. The molecule has 2 N–H and O–H groups in total. The molecule has 104 valence electrons. The third-order valence-corrected chi connectivity index (χ3v) is 3.17. The van der Waals surface area contributed by atoms with E-state index in [4.69, 9.17) is 5.11 Å². The van der Waals surface area contributed by atoms with E-state index >= 15 is 0 Å². The minimum Gasteiger partial charge on any atom is -0.478 e. The van der Waals surface area contributed by atoms with Crippen LogP contribution in [0.15, 0.2) is 22.8 Å². The Kier molecular flexibility index (Phi) is 4.86. The standard InChI is InChI=1S/C13H18N2O4/c1-8-4-6-15(7-5-8)13(19)14-11(16)9(2)10(3)12(17)18/h4H,5-7H2,1-3H3,(H,17,18)(H,14,16,19). The summed E-state index contributed by atoms with van der Waals surface area (Å²) in [5, 5.41) is 11.0. The first kappa shape index (κ1) is 14.9. The molecule has 0 unspecified atom stereocenters. The number of nitrogens with zero attached hydrogens (tertiary/aromatic N) is 1. The molecule has 1 rings (SSSR count). The van der Waals surface area contributed by atoms with Crippen LogP contribution in [0.5, 0.6) is 0 Å². The number of carboxylic acids is 1. The maximum Gasteiger partial charge on any atom is 0.331 e. The average Bonchev–Trinajstić information content (AvgIpc) is 2.37. The van der Waals surface area contributed by atoms with Crippen molar-refractivity contribution < 1.29 is 19.5 Å². The largest absolute Gasteiger partial charge is 0.478 e. The molecule has 3 amide bonds. The van der Waals surface area contributed by atoms with Gasteiger partial charge in [0.15, 0.2) is 0 Å². The molecule has 6 nitrogen and oxygen atoms in total. The molecule has 0 saturated heterocycles. The van der Waals surface area contributed by atoms with Crippen LogP contribution in [-0.4, -0.2) is 41.0 Å². The van der Waals surface area contributed by atoms with Gasteiger partial charge in [0.1, 0.15) is 0 Å². The Balaban J connectivity index is 2.65. The van der Waals surface area contributed by atoms with Gasteiger partial charge in [0.2, 0.25) is 0 Å². The zero-order valence-electron chi connectivity index (χ0n) is 11.3. The van der Waals surface area contributed by atoms with E-state index in [0.717, 1.165) is 6.42 Å². The Labute approximate surface area is 111 Å². The van der Waals surface area contributed by atoms with Crippen molar-refractivity contribution in [1.29, 1.82) is 0 Å². The summed E-state index contributed by atoms with van der Waals surface area (Å²) in [5.74, 6) is -1.84. The quantitative estimate of drug-likeness (QED) is 0.582. The van der Waals surface area contributed by atoms with Gasteiger partial charge in [0, 0.05) is 24.2 Å². The lowest BCUT2D eigenvalue weighted by Gasteiger charge is -2.25. The first-order valence-corrected chi connectivity index (χ1v) is 5.99. The molecule has 0 aromatic heterocycles. The summed E-state index contributed by atoms with van der Waals surface area (Å²) >= 11 is 0. The fourth-order valence-electron chi connectivity index (χ4n) is 1.56.